The molecule has 0 fully saturated rings. The smallest absolute Gasteiger partial charge is 0.263 e. The summed E-state index contributed by atoms with van der Waals surface area (Å²) in [5, 5.41) is 0.956. The number of para-hydroxylation sites is 1. The summed E-state index contributed by atoms with van der Waals surface area (Å²) in [5.74, 6) is -0.434. The summed E-state index contributed by atoms with van der Waals surface area (Å²) in [7, 11) is 0. The normalized spacial score (nSPS) is 14.6. The second-order valence-corrected chi connectivity index (χ2v) is 7.60. The van der Waals surface area contributed by atoms with Crippen LogP contribution in [0.5, 0.6) is 0 Å². The predicted octanol–water partition coefficient (Wildman–Crippen LogP) is 6.29. The molecule has 0 saturated carbocycles. The van der Waals surface area contributed by atoms with Crippen LogP contribution < -0.4 is 4.90 Å². The number of pyridine rings is 1. The fourth-order valence-electron chi connectivity index (χ4n) is 3.65. The minimum atomic E-state index is -0.329. The number of carbonyl (C=O) groups excluding carboxylic acids is 1. The van der Waals surface area contributed by atoms with E-state index in [1.807, 2.05) is 60.7 Å². The second-order valence-electron chi connectivity index (χ2n) is 6.74. The van der Waals surface area contributed by atoms with Crippen molar-refractivity contribution in [2.24, 2.45) is 0 Å². The Labute approximate surface area is 175 Å². The summed E-state index contributed by atoms with van der Waals surface area (Å²) in [6, 6.07) is 21.9. The molecule has 1 aliphatic heterocycles. The van der Waals surface area contributed by atoms with Gasteiger partial charge >= 0.3 is 0 Å². The number of benzene rings is 3. The number of rotatable bonds is 2. The third-order valence-electron chi connectivity index (χ3n) is 4.98. The van der Waals surface area contributed by atoms with Crippen molar-refractivity contribution >= 4 is 50.2 Å². The van der Waals surface area contributed by atoms with Crippen LogP contribution in [0, 0.1) is 5.82 Å². The van der Waals surface area contributed by atoms with Crippen molar-refractivity contribution in [2.75, 3.05) is 4.90 Å². The van der Waals surface area contributed by atoms with Gasteiger partial charge in [0.15, 0.2) is 0 Å². The highest BCUT2D eigenvalue weighted by Gasteiger charge is 2.34. The highest BCUT2D eigenvalue weighted by molar-refractivity contribution is 9.10. The average Bonchev–Trinajstić information content (AvgIpc) is 3.02. The lowest BCUT2D eigenvalue weighted by Gasteiger charge is -2.20. The summed E-state index contributed by atoms with van der Waals surface area (Å²) >= 11 is 3.24. The van der Waals surface area contributed by atoms with Crippen molar-refractivity contribution < 1.29 is 9.18 Å². The predicted molar refractivity (Wildman–Crippen MR) is 117 cm³/mol. The number of amides is 1. The van der Waals surface area contributed by atoms with Crippen LogP contribution >= 0.6 is 15.9 Å². The molecule has 0 unspecified atom stereocenters. The van der Waals surface area contributed by atoms with Gasteiger partial charge < -0.3 is 0 Å². The monoisotopic (exact) mass is 444 g/mol. The maximum atomic E-state index is 13.7. The average molecular weight is 445 g/mol. The van der Waals surface area contributed by atoms with Gasteiger partial charge in [0, 0.05) is 22.7 Å². The fourth-order valence-corrected chi connectivity index (χ4v) is 4.05. The molecule has 2 heterocycles. The Hall–Kier alpha value is -3.31. The van der Waals surface area contributed by atoms with Crippen molar-refractivity contribution in [3.63, 3.8) is 0 Å². The van der Waals surface area contributed by atoms with Gasteiger partial charge in [-0.1, -0.05) is 42.5 Å². The Balaban J connectivity index is 1.76. The van der Waals surface area contributed by atoms with E-state index in [0.29, 0.717) is 10.0 Å². The van der Waals surface area contributed by atoms with E-state index < -0.39 is 0 Å². The number of aromatic nitrogens is 1. The van der Waals surface area contributed by atoms with Crippen LogP contribution in [-0.4, -0.2) is 10.9 Å². The van der Waals surface area contributed by atoms with Crippen molar-refractivity contribution in [3.8, 4) is 0 Å². The maximum Gasteiger partial charge on any atom is 0.263 e. The molecule has 0 saturated heterocycles. The topological polar surface area (TPSA) is 33.2 Å². The first-order chi connectivity index (χ1) is 14.1. The fraction of sp³-hybridized carbons (Fsp3) is 0. The standard InChI is InChI=1S/C24H14BrFN2O/c25-19-13-15(10-11-20(19)26)14-22-17-7-1-2-8-18(17)24(29)28(22)21-9-3-5-16-6-4-12-27-23(16)21/h1-14H/b22-14-. The van der Waals surface area contributed by atoms with Gasteiger partial charge in [-0.15, -0.1) is 0 Å². The van der Waals surface area contributed by atoms with Crippen molar-refractivity contribution in [3.05, 3.63) is 106 Å². The Bertz CT molecular complexity index is 1310. The molecule has 140 valence electrons. The molecular weight excluding hydrogens is 431 g/mol. The molecule has 0 aliphatic carbocycles. The lowest BCUT2D eigenvalue weighted by molar-refractivity contribution is 0.101. The van der Waals surface area contributed by atoms with Gasteiger partial charge in [-0.05, 0) is 57.9 Å². The third kappa shape index (κ3) is 2.95. The zero-order valence-electron chi connectivity index (χ0n) is 15.1. The molecule has 0 spiro atoms. The van der Waals surface area contributed by atoms with Crippen molar-refractivity contribution in [1.29, 1.82) is 0 Å². The Kier molecular flexibility index (Phi) is 4.25. The first-order valence-corrected chi connectivity index (χ1v) is 9.87. The molecule has 5 rings (SSSR count). The Morgan fingerprint density at radius 3 is 2.55 bits per heavy atom. The molecule has 1 aliphatic rings. The number of nitrogens with zero attached hydrogens (tertiary/aromatic N) is 2. The molecule has 1 amide bonds. The van der Waals surface area contributed by atoms with Gasteiger partial charge in [0.05, 0.1) is 21.4 Å². The summed E-state index contributed by atoms with van der Waals surface area (Å²) in [6.07, 6.45) is 3.62. The van der Waals surface area contributed by atoms with E-state index in [-0.39, 0.29) is 11.7 Å². The SMILES string of the molecule is O=C1c2ccccc2/C(=C/c2ccc(F)c(Br)c2)N1c1cccc2cccnc12. The van der Waals surface area contributed by atoms with Gasteiger partial charge in [-0.25, -0.2) is 4.39 Å². The van der Waals surface area contributed by atoms with E-state index in [9.17, 15) is 9.18 Å². The van der Waals surface area contributed by atoms with E-state index in [1.54, 1.807) is 23.2 Å². The maximum absolute atomic E-state index is 13.7. The molecule has 5 heteroatoms. The molecule has 4 aromatic rings. The summed E-state index contributed by atoms with van der Waals surface area (Å²) < 4.78 is 14.1. The lowest BCUT2D eigenvalue weighted by Crippen LogP contribution is -2.22. The summed E-state index contributed by atoms with van der Waals surface area (Å²) in [5.41, 5.74) is 4.47. The molecule has 0 N–H and O–H groups in total. The first kappa shape index (κ1) is 17.8. The van der Waals surface area contributed by atoms with Gasteiger partial charge in [0.2, 0.25) is 0 Å². The number of carbonyl (C=O) groups is 1. The van der Waals surface area contributed by atoms with Crippen molar-refractivity contribution in [1.82, 2.24) is 4.98 Å². The van der Waals surface area contributed by atoms with E-state index in [1.165, 1.54) is 6.07 Å². The molecule has 29 heavy (non-hydrogen) atoms. The molecule has 0 atom stereocenters. The molecule has 3 aromatic carbocycles. The number of anilines is 1. The van der Waals surface area contributed by atoms with Gasteiger partial charge in [0.1, 0.15) is 5.82 Å². The quantitative estimate of drug-likeness (QED) is 0.363. The van der Waals surface area contributed by atoms with E-state index in [4.69, 9.17) is 0 Å². The van der Waals surface area contributed by atoms with Gasteiger partial charge in [0.25, 0.3) is 5.91 Å². The molecule has 3 nitrogen and oxygen atoms in total. The summed E-state index contributed by atoms with van der Waals surface area (Å²) in [6.45, 7) is 0. The van der Waals surface area contributed by atoms with Crippen LogP contribution in [0.3, 0.4) is 0 Å². The molecule has 0 bridgehead atoms. The molecular formula is C24H14BrFN2O. The minimum Gasteiger partial charge on any atom is -0.274 e. The zero-order chi connectivity index (χ0) is 20.0. The van der Waals surface area contributed by atoms with Crippen LogP contribution in [0.2, 0.25) is 0 Å². The largest absolute Gasteiger partial charge is 0.274 e. The van der Waals surface area contributed by atoms with E-state index >= 15 is 0 Å². The van der Waals surface area contributed by atoms with Crippen LogP contribution in [0.4, 0.5) is 10.1 Å². The number of hydrogen-bond donors (Lipinski definition) is 0. The highest BCUT2D eigenvalue weighted by atomic mass is 79.9. The minimum absolute atomic E-state index is 0.105. The third-order valence-corrected chi connectivity index (χ3v) is 5.58. The Morgan fingerprint density at radius 1 is 0.931 bits per heavy atom. The first-order valence-electron chi connectivity index (χ1n) is 9.08. The van der Waals surface area contributed by atoms with Gasteiger partial charge in [-0.2, -0.15) is 0 Å². The molecule has 1 aromatic heterocycles. The van der Waals surface area contributed by atoms with E-state index in [2.05, 4.69) is 20.9 Å². The number of hydrogen-bond acceptors (Lipinski definition) is 2. The lowest BCUT2D eigenvalue weighted by atomic mass is 10.1. The zero-order valence-corrected chi connectivity index (χ0v) is 16.7. The Morgan fingerprint density at radius 2 is 1.72 bits per heavy atom. The van der Waals surface area contributed by atoms with E-state index in [0.717, 1.165) is 33.4 Å². The number of fused-ring (bicyclic) bond motifs is 2. The molecule has 0 radical (unpaired) electrons. The van der Waals surface area contributed by atoms with Crippen LogP contribution in [0.25, 0.3) is 22.7 Å². The highest BCUT2D eigenvalue weighted by Crippen LogP contribution is 2.40. The van der Waals surface area contributed by atoms with Crippen LogP contribution in [0.1, 0.15) is 21.5 Å². The van der Waals surface area contributed by atoms with Crippen LogP contribution in [-0.2, 0) is 0 Å². The van der Waals surface area contributed by atoms with Gasteiger partial charge in [-0.3, -0.25) is 14.7 Å². The number of halogens is 2. The van der Waals surface area contributed by atoms with Crippen molar-refractivity contribution in [2.45, 2.75) is 0 Å². The van der Waals surface area contributed by atoms with Crippen LogP contribution in [0.15, 0.2) is 83.5 Å². The second kappa shape index (κ2) is 6.94. The summed E-state index contributed by atoms with van der Waals surface area (Å²) in [4.78, 5) is 19.6.